The number of aromatic nitrogens is 1. The summed E-state index contributed by atoms with van der Waals surface area (Å²) in [7, 11) is 0. The first-order chi connectivity index (χ1) is 13.7. The lowest BCUT2D eigenvalue weighted by molar-refractivity contribution is -0.128. The third kappa shape index (κ3) is 4.78. The van der Waals surface area contributed by atoms with Gasteiger partial charge < -0.3 is 4.90 Å². The first kappa shape index (κ1) is 19.1. The van der Waals surface area contributed by atoms with Gasteiger partial charge in [-0.2, -0.15) is 11.3 Å². The molecule has 4 rings (SSSR count). The van der Waals surface area contributed by atoms with E-state index in [1.165, 1.54) is 12.0 Å². The maximum Gasteiger partial charge on any atom is 0.246 e. The van der Waals surface area contributed by atoms with Gasteiger partial charge in [0.1, 0.15) is 0 Å². The van der Waals surface area contributed by atoms with Crippen molar-refractivity contribution in [2.45, 2.75) is 19.3 Å². The zero-order valence-electron chi connectivity index (χ0n) is 16.2. The first-order valence-electron chi connectivity index (χ1n) is 10.0. The van der Waals surface area contributed by atoms with Crippen molar-refractivity contribution in [3.8, 4) is 0 Å². The van der Waals surface area contributed by atoms with Crippen molar-refractivity contribution < 1.29 is 4.79 Å². The molecule has 0 unspecified atom stereocenters. The zero-order valence-corrected chi connectivity index (χ0v) is 17.0. The van der Waals surface area contributed by atoms with Crippen molar-refractivity contribution in [3.05, 3.63) is 64.6 Å². The maximum atomic E-state index is 12.5. The van der Waals surface area contributed by atoms with Gasteiger partial charge in [-0.3, -0.25) is 14.7 Å². The molecule has 1 amide bonds. The quantitative estimate of drug-likeness (QED) is 0.715. The summed E-state index contributed by atoms with van der Waals surface area (Å²) in [4.78, 5) is 21.1. The van der Waals surface area contributed by atoms with Gasteiger partial charge in [-0.25, -0.2) is 0 Å². The number of thiophene rings is 1. The van der Waals surface area contributed by atoms with Gasteiger partial charge in [-0.1, -0.05) is 12.2 Å². The minimum atomic E-state index is 0.149. The van der Waals surface area contributed by atoms with E-state index in [9.17, 15) is 4.79 Å². The van der Waals surface area contributed by atoms with Crippen LogP contribution >= 0.6 is 11.3 Å². The third-order valence-corrected chi connectivity index (χ3v) is 6.70. The SMILES string of the molecule is O=C(C=Cc1ccsc1)N1CCC2(CCN(CC=Cc3ccncc3)C2)CC1. The number of rotatable bonds is 5. The van der Waals surface area contributed by atoms with E-state index in [4.69, 9.17) is 0 Å². The largest absolute Gasteiger partial charge is 0.339 e. The average molecular weight is 394 g/mol. The fourth-order valence-electron chi connectivity index (χ4n) is 4.25. The molecule has 0 saturated carbocycles. The second-order valence-corrected chi connectivity index (χ2v) is 8.66. The minimum Gasteiger partial charge on any atom is -0.339 e. The number of hydrogen-bond donors (Lipinski definition) is 0. The molecule has 0 N–H and O–H groups in total. The van der Waals surface area contributed by atoms with Crippen LogP contribution in [0.5, 0.6) is 0 Å². The Labute approximate surface area is 171 Å². The van der Waals surface area contributed by atoms with Crippen LogP contribution < -0.4 is 0 Å². The first-order valence-corrected chi connectivity index (χ1v) is 10.9. The molecule has 2 aromatic rings. The van der Waals surface area contributed by atoms with E-state index in [0.717, 1.165) is 51.1 Å². The van der Waals surface area contributed by atoms with Crippen LogP contribution in [-0.4, -0.2) is 53.4 Å². The van der Waals surface area contributed by atoms with Crippen molar-refractivity contribution in [1.82, 2.24) is 14.8 Å². The molecule has 2 aliphatic heterocycles. The highest BCUT2D eigenvalue weighted by Crippen LogP contribution is 2.40. The summed E-state index contributed by atoms with van der Waals surface area (Å²) in [5, 5.41) is 4.10. The van der Waals surface area contributed by atoms with Gasteiger partial charge in [0.05, 0.1) is 0 Å². The highest BCUT2D eigenvalue weighted by Gasteiger charge is 2.40. The maximum absolute atomic E-state index is 12.5. The Bertz CT molecular complexity index is 821. The second-order valence-electron chi connectivity index (χ2n) is 7.88. The molecular formula is C23H27N3OS. The van der Waals surface area contributed by atoms with Crippen molar-refractivity contribution >= 4 is 29.4 Å². The van der Waals surface area contributed by atoms with Crippen molar-refractivity contribution in [2.24, 2.45) is 5.41 Å². The smallest absolute Gasteiger partial charge is 0.246 e. The summed E-state index contributed by atoms with van der Waals surface area (Å²) in [6.45, 7) is 5.07. The number of pyridine rings is 1. The highest BCUT2D eigenvalue weighted by molar-refractivity contribution is 7.08. The topological polar surface area (TPSA) is 36.4 Å². The summed E-state index contributed by atoms with van der Waals surface area (Å²) < 4.78 is 0. The molecule has 4 nitrogen and oxygen atoms in total. The number of carbonyl (C=O) groups is 1. The highest BCUT2D eigenvalue weighted by atomic mass is 32.1. The molecule has 2 saturated heterocycles. The minimum absolute atomic E-state index is 0.149. The molecule has 2 aromatic heterocycles. The fraction of sp³-hybridized carbons (Fsp3) is 0.391. The van der Waals surface area contributed by atoms with Gasteiger partial charge in [0.15, 0.2) is 0 Å². The Morgan fingerprint density at radius 1 is 1.07 bits per heavy atom. The Morgan fingerprint density at radius 3 is 2.61 bits per heavy atom. The van der Waals surface area contributed by atoms with Gasteiger partial charge in [-0.05, 0) is 77.4 Å². The summed E-state index contributed by atoms with van der Waals surface area (Å²) in [6, 6.07) is 6.10. The number of amides is 1. The van der Waals surface area contributed by atoms with Crippen LogP contribution in [-0.2, 0) is 4.79 Å². The van der Waals surface area contributed by atoms with Crippen LogP contribution in [0.4, 0.5) is 0 Å². The Morgan fingerprint density at radius 2 is 1.86 bits per heavy atom. The summed E-state index contributed by atoms with van der Waals surface area (Å²) in [5.41, 5.74) is 2.71. The monoisotopic (exact) mass is 393 g/mol. The van der Waals surface area contributed by atoms with Crippen LogP contribution in [0, 0.1) is 5.41 Å². The number of carbonyl (C=O) groups excluding carboxylic acids is 1. The standard InChI is InChI=1S/C23H27N3OS/c27-22(4-3-21-7-17-28-18-21)26-15-9-23(10-16-26)8-14-25(19-23)13-1-2-20-5-11-24-12-6-20/h1-7,11-12,17-18H,8-10,13-16,19H2. The van der Waals surface area contributed by atoms with Crippen molar-refractivity contribution in [3.63, 3.8) is 0 Å². The van der Waals surface area contributed by atoms with Crippen LogP contribution in [0.1, 0.15) is 30.4 Å². The van der Waals surface area contributed by atoms with Crippen LogP contribution in [0.3, 0.4) is 0 Å². The third-order valence-electron chi connectivity index (χ3n) is 5.99. The van der Waals surface area contributed by atoms with Gasteiger partial charge >= 0.3 is 0 Å². The van der Waals surface area contributed by atoms with Gasteiger partial charge in [-0.15, -0.1) is 0 Å². The molecule has 146 valence electrons. The van der Waals surface area contributed by atoms with Gasteiger partial charge in [0.25, 0.3) is 0 Å². The molecule has 2 aliphatic rings. The molecule has 1 spiro atoms. The predicted octanol–water partition coefficient (Wildman–Crippen LogP) is 4.18. The Hall–Kier alpha value is -2.24. The molecule has 0 bridgehead atoms. The average Bonchev–Trinajstić information content (AvgIpc) is 3.38. The summed E-state index contributed by atoms with van der Waals surface area (Å²) in [6.07, 6.45) is 15.2. The molecule has 28 heavy (non-hydrogen) atoms. The zero-order chi connectivity index (χ0) is 19.2. The summed E-state index contributed by atoms with van der Waals surface area (Å²) in [5.74, 6) is 0.149. The molecule has 0 aliphatic carbocycles. The van der Waals surface area contributed by atoms with Gasteiger partial charge in [0.2, 0.25) is 5.91 Å². The van der Waals surface area contributed by atoms with E-state index < -0.39 is 0 Å². The van der Waals surface area contributed by atoms with E-state index in [1.54, 1.807) is 17.4 Å². The molecule has 5 heteroatoms. The molecule has 0 radical (unpaired) electrons. The molecule has 4 heterocycles. The Balaban J connectivity index is 1.24. The lowest BCUT2D eigenvalue weighted by Crippen LogP contribution is -2.43. The van der Waals surface area contributed by atoms with E-state index in [0.29, 0.717) is 5.41 Å². The van der Waals surface area contributed by atoms with E-state index in [2.05, 4.69) is 27.4 Å². The van der Waals surface area contributed by atoms with Crippen molar-refractivity contribution in [1.29, 1.82) is 0 Å². The number of likely N-dealkylation sites (tertiary alicyclic amines) is 2. The number of hydrogen-bond acceptors (Lipinski definition) is 4. The van der Waals surface area contributed by atoms with Crippen LogP contribution in [0.2, 0.25) is 0 Å². The Kier molecular flexibility index (Phi) is 6.03. The van der Waals surface area contributed by atoms with E-state index in [-0.39, 0.29) is 5.91 Å². The summed E-state index contributed by atoms with van der Waals surface area (Å²) >= 11 is 1.66. The second kappa shape index (κ2) is 8.84. The number of piperidine rings is 1. The molecular weight excluding hydrogens is 366 g/mol. The van der Waals surface area contributed by atoms with E-state index >= 15 is 0 Å². The molecule has 0 aromatic carbocycles. The molecule has 2 fully saturated rings. The predicted molar refractivity (Wildman–Crippen MR) is 116 cm³/mol. The number of nitrogens with zero attached hydrogens (tertiary/aromatic N) is 3. The lowest BCUT2D eigenvalue weighted by atomic mass is 9.78. The van der Waals surface area contributed by atoms with Crippen LogP contribution in [0.25, 0.3) is 12.2 Å². The van der Waals surface area contributed by atoms with Crippen LogP contribution in [0.15, 0.2) is 53.5 Å². The lowest BCUT2D eigenvalue weighted by Gasteiger charge is -2.39. The normalized spacial score (nSPS) is 19.9. The van der Waals surface area contributed by atoms with Crippen molar-refractivity contribution in [2.75, 3.05) is 32.7 Å². The van der Waals surface area contributed by atoms with E-state index in [1.807, 2.05) is 46.9 Å². The fourth-order valence-corrected chi connectivity index (χ4v) is 4.88. The molecule has 0 atom stereocenters. The van der Waals surface area contributed by atoms with Gasteiger partial charge in [0, 0.05) is 44.6 Å².